The number of β-amino-alcohol motifs (C(OH)–C–C–N with tert-alkyl or cyclic N) is 1. The maximum Gasteiger partial charge on any atom is 0.189 e. The number of pyridine rings is 1. The number of anilines is 1. The Balaban J connectivity index is 1.97. The average molecular weight is 369 g/mol. The lowest BCUT2D eigenvalue weighted by atomic mass is 10.1. The lowest BCUT2D eigenvalue weighted by molar-refractivity contribution is 0.154. The smallest absolute Gasteiger partial charge is 0.189 e. The van der Waals surface area contributed by atoms with Crippen molar-refractivity contribution in [3.8, 4) is 0 Å². The van der Waals surface area contributed by atoms with E-state index in [-0.39, 0.29) is 10.7 Å². The van der Waals surface area contributed by atoms with E-state index in [1.807, 2.05) is 11.2 Å². The van der Waals surface area contributed by atoms with E-state index < -0.39 is 11.9 Å². The number of aliphatic hydroxyl groups excluding tert-OH is 1. The number of halogens is 2. The SMILES string of the molecule is CSc1nc(N2CCC[C@@H](O)C2)c2c(C3CC3)nc(Cl)c(F)c2n1. The van der Waals surface area contributed by atoms with Crippen LogP contribution in [-0.2, 0) is 0 Å². The highest BCUT2D eigenvalue weighted by Gasteiger charge is 2.33. The Bertz CT molecular complexity index is 801. The summed E-state index contributed by atoms with van der Waals surface area (Å²) in [4.78, 5) is 15.3. The topological polar surface area (TPSA) is 62.1 Å². The van der Waals surface area contributed by atoms with Gasteiger partial charge in [0.1, 0.15) is 11.3 Å². The van der Waals surface area contributed by atoms with E-state index in [0.717, 1.165) is 37.9 Å². The summed E-state index contributed by atoms with van der Waals surface area (Å²) in [5.74, 6) is 0.378. The van der Waals surface area contributed by atoms with Crippen LogP contribution >= 0.6 is 23.4 Å². The number of piperidine rings is 1. The summed E-state index contributed by atoms with van der Waals surface area (Å²) in [6.07, 6.45) is 5.17. The molecule has 2 fully saturated rings. The van der Waals surface area contributed by atoms with Crippen molar-refractivity contribution < 1.29 is 9.50 Å². The second-order valence-electron chi connectivity index (χ2n) is 6.38. The van der Waals surface area contributed by atoms with Crippen molar-refractivity contribution in [2.45, 2.75) is 42.9 Å². The molecule has 24 heavy (non-hydrogen) atoms. The number of hydrogen-bond donors (Lipinski definition) is 1. The van der Waals surface area contributed by atoms with E-state index in [9.17, 15) is 9.50 Å². The van der Waals surface area contributed by atoms with Gasteiger partial charge in [-0.1, -0.05) is 23.4 Å². The van der Waals surface area contributed by atoms with Crippen molar-refractivity contribution in [3.63, 3.8) is 0 Å². The molecular formula is C16H18ClFN4OS. The van der Waals surface area contributed by atoms with E-state index in [1.165, 1.54) is 11.8 Å². The monoisotopic (exact) mass is 368 g/mol. The van der Waals surface area contributed by atoms with Gasteiger partial charge in [-0.05, 0) is 31.9 Å². The van der Waals surface area contributed by atoms with Crippen molar-refractivity contribution >= 4 is 40.1 Å². The highest BCUT2D eigenvalue weighted by Crippen LogP contribution is 2.45. The summed E-state index contributed by atoms with van der Waals surface area (Å²) in [7, 11) is 0. The molecule has 2 aromatic heterocycles. The molecule has 1 saturated heterocycles. The third-order valence-electron chi connectivity index (χ3n) is 4.58. The van der Waals surface area contributed by atoms with Gasteiger partial charge in [0, 0.05) is 19.0 Å². The van der Waals surface area contributed by atoms with Gasteiger partial charge < -0.3 is 10.0 Å². The zero-order chi connectivity index (χ0) is 16.8. The van der Waals surface area contributed by atoms with Crippen molar-refractivity contribution in [2.75, 3.05) is 24.2 Å². The number of thioether (sulfide) groups is 1. The number of aromatic nitrogens is 3. The van der Waals surface area contributed by atoms with Crippen LogP contribution in [-0.4, -0.2) is 45.5 Å². The van der Waals surface area contributed by atoms with Crippen LogP contribution in [0, 0.1) is 5.82 Å². The third kappa shape index (κ3) is 2.82. The second kappa shape index (κ2) is 6.28. The summed E-state index contributed by atoms with van der Waals surface area (Å²) in [6, 6.07) is 0. The molecule has 5 nitrogen and oxygen atoms in total. The number of rotatable bonds is 3. The fraction of sp³-hybridized carbons (Fsp3) is 0.562. The summed E-state index contributed by atoms with van der Waals surface area (Å²) < 4.78 is 14.6. The van der Waals surface area contributed by atoms with E-state index in [0.29, 0.717) is 28.8 Å². The molecular weight excluding hydrogens is 351 g/mol. The maximum absolute atomic E-state index is 14.6. The molecule has 1 saturated carbocycles. The normalized spacial score (nSPS) is 21.5. The molecule has 1 aliphatic carbocycles. The molecule has 3 heterocycles. The molecule has 0 bridgehead atoms. The molecule has 1 atom stereocenters. The molecule has 1 N–H and O–H groups in total. The first-order chi connectivity index (χ1) is 11.6. The Morgan fingerprint density at radius 3 is 2.71 bits per heavy atom. The van der Waals surface area contributed by atoms with Crippen LogP contribution in [0.1, 0.15) is 37.3 Å². The number of fused-ring (bicyclic) bond motifs is 1. The van der Waals surface area contributed by atoms with Gasteiger partial charge in [0.05, 0.1) is 17.2 Å². The fourth-order valence-electron chi connectivity index (χ4n) is 3.25. The van der Waals surface area contributed by atoms with Crippen LogP contribution in [0.25, 0.3) is 10.9 Å². The second-order valence-corrected chi connectivity index (χ2v) is 7.51. The molecule has 0 radical (unpaired) electrons. The van der Waals surface area contributed by atoms with Crippen molar-refractivity contribution in [1.82, 2.24) is 15.0 Å². The summed E-state index contributed by atoms with van der Waals surface area (Å²) in [6.45, 7) is 1.28. The largest absolute Gasteiger partial charge is 0.391 e. The molecule has 128 valence electrons. The molecule has 0 spiro atoms. The summed E-state index contributed by atoms with van der Waals surface area (Å²) in [5, 5.41) is 11.1. The zero-order valence-corrected chi connectivity index (χ0v) is 14.9. The van der Waals surface area contributed by atoms with Crippen LogP contribution in [0.15, 0.2) is 5.16 Å². The van der Waals surface area contributed by atoms with Gasteiger partial charge in [0.15, 0.2) is 16.1 Å². The predicted molar refractivity (Wildman–Crippen MR) is 93.5 cm³/mol. The van der Waals surface area contributed by atoms with Gasteiger partial charge in [-0.3, -0.25) is 0 Å². The van der Waals surface area contributed by atoms with Gasteiger partial charge in [-0.15, -0.1) is 0 Å². The first-order valence-electron chi connectivity index (χ1n) is 8.12. The van der Waals surface area contributed by atoms with Crippen LogP contribution < -0.4 is 4.90 Å². The summed E-state index contributed by atoms with van der Waals surface area (Å²) in [5.41, 5.74) is 1.03. The first kappa shape index (κ1) is 16.3. The van der Waals surface area contributed by atoms with Gasteiger partial charge in [-0.2, -0.15) is 0 Å². The van der Waals surface area contributed by atoms with Crippen LogP contribution in [0.2, 0.25) is 5.15 Å². The fourth-order valence-corrected chi connectivity index (χ4v) is 3.79. The lowest BCUT2D eigenvalue weighted by Crippen LogP contribution is -2.39. The van der Waals surface area contributed by atoms with E-state index in [4.69, 9.17) is 11.6 Å². The Hall–Kier alpha value is -1.18. The third-order valence-corrected chi connectivity index (χ3v) is 5.37. The Morgan fingerprint density at radius 2 is 2.04 bits per heavy atom. The van der Waals surface area contributed by atoms with Gasteiger partial charge >= 0.3 is 0 Å². The quantitative estimate of drug-likeness (QED) is 0.509. The molecule has 8 heteroatoms. The van der Waals surface area contributed by atoms with Crippen molar-refractivity contribution in [1.29, 1.82) is 0 Å². The minimum absolute atomic E-state index is 0.125. The Morgan fingerprint density at radius 1 is 1.25 bits per heavy atom. The number of nitrogens with zero attached hydrogens (tertiary/aromatic N) is 4. The van der Waals surface area contributed by atoms with Crippen LogP contribution in [0.3, 0.4) is 0 Å². The van der Waals surface area contributed by atoms with Crippen LogP contribution in [0.4, 0.5) is 10.2 Å². The maximum atomic E-state index is 14.6. The minimum atomic E-state index is -0.590. The molecule has 2 aliphatic rings. The van der Waals surface area contributed by atoms with E-state index in [2.05, 4.69) is 15.0 Å². The molecule has 0 aromatic carbocycles. The zero-order valence-electron chi connectivity index (χ0n) is 13.3. The predicted octanol–water partition coefficient (Wildman–Crippen LogP) is 3.38. The van der Waals surface area contributed by atoms with E-state index >= 15 is 0 Å². The van der Waals surface area contributed by atoms with Gasteiger partial charge in [0.2, 0.25) is 0 Å². The first-order valence-corrected chi connectivity index (χ1v) is 9.72. The number of aliphatic hydroxyl groups is 1. The highest BCUT2D eigenvalue weighted by atomic mass is 35.5. The Labute approximate surface area is 148 Å². The van der Waals surface area contributed by atoms with Crippen molar-refractivity contribution in [2.24, 2.45) is 0 Å². The molecule has 2 aromatic rings. The molecule has 1 aliphatic heterocycles. The lowest BCUT2D eigenvalue weighted by Gasteiger charge is -2.32. The van der Waals surface area contributed by atoms with Gasteiger partial charge in [-0.25, -0.2) is 19.3 Å². The number of hydrogen-bond acceptors (Lipinski definition) is 6. The van der Waals surface area contributed by atoms with E-state index in [1.54, 1.807) is 0 Å². The summed E-state index contributed by atoms with van der Waals surface area (Å²) >= 11 is 7.38. The average Bonchev–Trinajstić information content (AvgIpc) is 3.42. The molecule has 4 rings (SSSR count). The Kier molecular flexibility index (Phi) is 4.26. The highest BCUT2D eigenvalue weighted by molar-refractivity contribution is 7.98. The van der Waals surface area contributed by atoms with Crippen molar-refractivity contribution in [3.05, 3.63) is 16.7 Å². The van der Waals surface area contributed by atoms with Gasteiger partial charge in [0.25, 0.3) is 0 Å². The standard InChI is InChI=1S/C16H18ClFN4OS/c1-24-16-20-13-10(12(8-4-5-8)19-14(17)11(13)18)15(21-16)22-6-2-3-9(23)7-22/h8-9,23H,2-7H2,1H3/t9-/m1/s1. The van der Waals surface area contributed by atoms with Crippen LogP contribution in [0.5, 0.6) is 0 Å². The molecule has 0 unspecified atom stereocenters. The molecule has 0 amide bonds. The minimum Gasteiger partial charge on any atom is -0.391 e.